The first-order valence-corrected chi connectivity index (χ1v) is 10.7. The first kappa shape index (κ1) is 21.5. The molecule has 0 saturated carbocycles. The number of hydrogen-bond acceptors (Lipinski definition) is 3. The minimum absolute atomic E-state index is 0.160. The van der Waals surface area contributed by atoms with Crippen molar-refractivity contribution in [3.63, 3.8) is 0 Å². The van der Waals surface area contributed by atoms with Crippen LogP contribution in [0.25, 0.3) is 22.4 Å². The molecule has 1 aromatic heterocycles. The molecule has 30 heavy (non-hydrogen) atoms. The predicted molar refractivity (Wildman–Crippen MR) is 122 cm³/mol. The van der Waals surface area contributed by atoms with E-state index in [0.717, 1.165) is 36.8 Å². The Hall–Kier alpha value is -3.21. The molecule has 1 amide bonds. The molecular weight excluding hydrogens is 374 g/mol. The van der Waals surface area contributed by atoms with Crippen LogP contribution in [0, 0.1) is 0 Å². The molecule has 0 aliphatic heterocycles. The Morgan fingerprint density at radius 1 is 0.900 bits per heavy atom. The molecule has 5 heteroatoms. The van der Waals surface area contributed by atoms with Gasteiger partial charge in [-0.05, 0) is 18.9 Å². The fraction of sp³-hybridized carbons (Fsp3) is 0.320. The number of nitrogens with zero attached hydrogens (tertiary/aromatic N) is 2. The third kappa shape index (κ3) is 4.85. The van der Waals surface area contributed by atoms with Crippen molar-refractivity contribution in [3.05, 3.63) is 76.6 Å². The monoisotopic (exact) mass is 403 g/mol. The number of aryl methyl sites for hydroxylation is 1. The van der Waals surface area contributed by atoms with Gasteiger partial charge in [-0.15, -0.1) is 0 Å². The second-order valence-electron chi connectivity index (χ2n) is 7.27. The van der Waals surface area contributed by atoms with Crippen LogP contribution < -0.4 is 10.9 Å². The van der Waals surface area contributed by atoms with E-state index in [1.165, 1.54) is 4.68 Å². The van der Waals surface area contributed by atoms with E-state index in [2.05, 4.69) is 17.3 Å². The van der Waals surface area contributed by atoms with Crippen LogP contribution >= 0.6 is 0 Å². The third-order valence-electron chi connectivity index (χ3n) is 5.11. The van der Waals surface area contributed by atoms with Crippen LogP contribution in [0.15, 0.2) is 65.5 Å². The highest BCUT2D eigenvalue weighted by molar-refractivity contribution is 6.03. The topological polar surface area (TPSA) is 64.0 Å². The van der Waals surface area contributed by atoms with Crippen molar-refractivity contribution in [2.45, 2.75) is 46.1 Å². The average molecular weight is 404 g/mol. The average Bonchev–Trinajstić information content (AvgIpc) is 2.79. The fourth-order valence-corrected chi connectivity index (χ4v) is 3.52. The third-order valence-corrected chi connectivity index (χ3v) is 5.11. The Bertz CT molecular complexity index is 1030. The van der Waals surface area contributed by atoms with Crippen LogP contribution in [0.2, 0.25) is 0 Å². The fourth-order valence-electron chi connectivity index (χ4n) is 3.52. The number of rotatable bonds is 9. The molecule has 0 saturated heterocycles. The van der Waals surface area contributed by atoms with E-state index >= 15 is 0 Å². The summed E-state index contributed by atoms with van der Waals surface area (Å²) in [6.07, 6.45) is 4.24. The van der Waals surface area contributed by atoms with Crippen LogP contribution in [-0.4, -0.2) is 22.2 Å². The minimum Gasteiger partial charge on any atom is -0.352 e. The van der Waals surface area contributed by atoms with Gasteiger partial charge in [-0.1, -0.05) is 86.8 Å². The number of amides is 1. The Labute approximate surface area is 177 Å². The smallest absolute Gasteiger partial charge is 0.280 e. The van der Waals surface area contributed by atoms with Gasteiger partial charge in [-0.2, -0.15) is 5.10 Å². The standard InChI is InChI=1S/C25H29N3O2/c1-3-5-6-13-18-26-24(29)22-21(19-14-9-7-10-15-19)23(20-16-11-8-12-17-20)27-28(4-2)25(22)30/h7-12,14-17H,3-6,13,18H2,1-2H3,(H,26,29). The van der Waals surface area contributed by atoms with Gasteiger partial charge in [-0.3, -0.25) is 9.59 Å². The predicted octanol–water partition coefficient (Wildman–Crippen LogP) is 4.91. The number of unbranched alkanes of at least 4 members (excludes halogenated alkanes) is 3. The second kappa shape index (κ2) is 10.5. The maximum Gasteiger partial charge on any atom is 0.280 e. The lowest BCUT2D eigenvalue weighted by molar-refractivity contribution is 0.0951. The molecular formula is C25H29N3O2. The van der Waals surface area contributed by atoms with Gasteiger partial charge < -0.3 is 5.32 Å². The van der Waals surface area contributed by atoms with Gasteiger partial charge in [0.15, 0.2) is 0 Å². The maximum atomic E-state index is 13.2. The van der Waals surface area contributed by atoms with Crippen molar-refractivity contribution >= 4 is 5.91 Å². The summed E-state index contributed by atoms with van der Waals surface area (Å²) in [7, 11) is 0. The Balaban J connectivity index is 2.14. The SMILES string of the molecule is CCCCCCNC(=O)c1c(-c2ccccc2)c(-c2ccccc2)nn(CC)c1=O. The molecule has 0 atom stereocenters. The number of benzene rings is 2. The summed E-state index contributed by atoms with van der Waals surface area (Å²) in [6.45, 7) is 4.96. The highest BCUT2D eigenvalue weighted by Gasteiger charge is 2.24. The Kier molecular flexibility index (Phi) is 7.55. The lowest BCUT2D eigenvalue weighted by Gasteiger charge is -2.17. The highest BCUT2D eigenvalue weighted by Crippen LogP contribution is 2.31. The summed E-state index contributed by atoms with van der Waals surface area (Å²) in [6, 6.07) is 19.3. The van der Waals surface area contributed by atoms with E-state index in [4.69, 9.17) is 0 Å². The van der Waals surface area contributed by atoms with Crippen molar-refractivity contribution in [3.8, 4) is 22.4 Å². The van der Waals surface area contributed by atoms with Gasteiger partial charge in [0.2, 0.25) is 0 Å². The summed E-state index contributed by atoms with van der Waals surface area (Å²) >= 11 is 0. The quantitative estimate of drug-likeness (QED) is 0.517. The van der Waals surface area contributed by atoms with E-state index in [1.54, 1.807) is 0 Å². The van der Waals surface area contributed by atoms with Crippen molar-refractivity contribution < 1.29 is 4.79 Å². The molecule has 0 radical (unpaired) electrons. The van der Waals surface area contributed by atoms with Gasteiger partial charge in [0, 0.05) is 24.2 Å². The van der Waals surface area contributed by atoms with Crippen molar-refractivity contribution in [1.29, 1.82) is 0 Å². The van der Waals surface area contributed by atoms with Crippen LogP contribution in [0.3, 0.4) is 0 Å². The first-order chi connectivity index (χ1) is 14.7. The summed E-state index contributed by atoms with van der Waals surface area (Å²) in [5.41, 5.74) is 2.70. The lowest BCUT2D eigenvalue weighted by atomic mass is 9.95. The minimum atomic E-state index is -0.359. The van der Waals surface area contributed by atoms with E-state index in [9.17, 15) is 9.59 Å². The van der Waals surface area contributed by atoms with Crippen LogP contribution in [0.1, 0.15) is 49.9 Å². The summed E-state index contributed by atoms with van der Waals surface area (Å²) in [4.78, 5) is 26.4. The summed E-state index contributed by atoms with van der Waals surface area (Å²) in [5, 5.41) is 7.58. The highest BCUT2D eigenvalue weighted by atomic mass is 16.2. The van der Waals surface area contributed by atoms with Gasteiger partial charge in [0.1, 0.15) is 5.56 Å². The van der Waals surface area contributed by atoms with Crippen molar-refractivity contribution in [2.24, 2.45) is 0 Å². The summed E-state index contributed by atoms with van der Waals surface area (Å²) in [5.74, 6) is -0.336. The molecule has 0 fully saturated rings. The Morgan fingerprint density at radius 3 is 2.13 bits per heavy atom. The molecule has 0 unspecified atom stereocenters. The number of carbonyl (C=O) groups is 1. The van der Waals surface area contributed by atoms with Gasteiger partial charge in [-0.25, -0.2) is 4.68 Å². The van der Waals surface area contributed by atoms with E-state index in [0.29, 0.717) is 24.3 Å². The molecule has 0 bridgehead atoms. The van der Waals surface area contributed by atoms with E-state index in [-0.39, 0.29) is 17.0 Å². The normalized spacial score (nSPS) is 10.7. The van der Waals surface area contributed by atoms with E-state index < -0.39 is 0 Å². The molecule has 1 heterocycles. The molecule has 0 aliphatic rings. The molecule has 2 aromatic carbocycles. The van der Waals surface area contributed by atoms with Gasteiger partial charge in [0.25, 0.3) is 11.5 Å². The Morgan fingerprint density at radius 2 is 1.53 bits per heavy atom. The van der Waals surface area contributed by atoms with Gasteiger partial charge in [0.05, 0.1) is 5.69 Å². The number of aromatic nitrogens is 2. The number of carbonyl (C=O) groups excluding carboxylic acids is 1. The van der Waals surface area contributed by atoms with Crippen molar-refractivity contribution in [1.82, 2.24) is 15.1 Å². The largest absolute Gasteiger partial charge is 0.352 e. The van der Waals surface area contributed by atoms with Crippen LogP contribution in [0.5, 0.6) is 0 Å². The summed E-state index contributed by atoms with van der Waals surface area (Å²) < 4.78 is 1.38. The molecule has 5 nitrogen and oxygen atoms in total. The van der Waals surface area contributed by atoms with E-state index in [1.807, 2.05) is 67.6 Å². The molecule has 3 aromatic rings. The maximum absolute atomic E-state index is 13.2. The first-order valence-electron chi connectivity index (χ1n) is 10.7. The van der Waals surface area contributed by atoms with Crippen LogP contribution in [-0.2, 0) is 6.54 Å². The zero-order valence-electron chi connectivity index (χ0n) is 17.7. The molecule has 1 N–H and O–H groups in total. The van der Waals surface area contributed by atoms with Gasteiger partial charge >= 0.3 is 0 Å². The molecule has 3 rings (SSSR count). The van der Waals surface area contributed by atoms with Crippen LogP contribution in [0.4, 0.5) is 0 Å². The molecule has 156 valence electrons. The zero-order chi connectivity index (χ0) is 21.3. The molecule has 0 aliphatic carbocycles. The lowest BCUT2D eigenvalue weighted by Crippen LogP contribution is -2.36. The zero-order valence-corrected chi connectivity index (χ0v) is 17.7. The number of hydrogen-bond donors (Lipinski definition) is 1. The van der Waals surface area contributed by atoms with Crippen molar-refractivity contribution in [2.75, 3.05) is 6.54 Å². The second-order valence-corrected chi connectivity index (χ2v) is 7.27. The number of nitrogens with one attached hydrogen (secondary N) is 1. The molecule has 0 spiro atoms.